The molecule has 22 heavy (non-hydrogen) atoms. The molecule has 1 aliphatic heterocycles. The van der Waals surface area contributed by atoms with Gasteiger partial charge in [0.1, 0.15) is 22.8 Å². The number of likely N-dealkylation sites (tertiary alicyclic amines) is 1. The Morgan fingerprint density at radius 2 is 2.05 bits per heavy atom. The van der Waals surface area contributed by atoms with E-state index in [9.17, 15) is 9.90 Å². The molecule has 6 heteroatoms. The molecule has 1 heterocycles. The number of hydrogen-bond donors (Lipinski definition) is 1. The number of ketones is 1. The molecule has 0 saturated carbocycles. The Balaban J connectivity index is 0.00000392. The van der Waals surface area contributed by atoms with E-state index in [0.717, 1.165) is 44.6 Å². The van der Waals surface area contributed by atoms with E-state index in [0.29, 0.717) is 6.42 Å². The lowest BCUT2D eigenvalue weighted by Gasteiger charge is -2.15. The highest BCUT2D eigenvalue weighted by molar-refractivity contribution is 6.01. The number of hydrogen-bond acceptors (Lipinski definition) is 5. The van der Waals surface area contributed by atoms with Crippen molar-refractivity contribution in [3.8, 4) is 17.2 Å². The lowest BCUT2D eigenvalue weighted by molar-refractivity contribution is 0.0970. The van der Waals surface area contributed by atoms with Crippen molar-refractivity contribution in [2.45, 2.75) is 25.7 Å². The third-order valence-corrected chi connectivity index (χ3v) is 3.64. The predicted molar refractivity (Wildman–Crippen MR) is 87.7 cm³/mol. The fraction of sp³-hybridized carbons (Fsp3) is 0.562. The zero-order chi connectivity index (χ0) is 20.2. The molecular formula is C16H24ClNO4. The zero-order valence-corrected chi connectivity index (χ0v) is 12.9. The normalized spacial score (nSPS) is 19.6. The molecule has 5 nitrogen and oxygen atoms in total. The van der Waals surface area contributed by atoms with Crippen molar-refractivity contribution in [3.63, 3.8) is 0 Å². The molecule has 1 saturated heterocycles. The highest BCUT2D eigenvalue weighted by Gasteiger charge is 2.19. The van der Waals surface area contributed by atoms with Crippen LogP contribution in [0.5, 0.6) is 17.2 Å². The summed E-state index contributed by atoms with van der Waals surface area (Å²) < 4.78 is 52.5. The minimum atomic E-state index is -2.88. The molecule has 1 fully saturated rings. The molecule has 1 aliphatic rings. The predicted octanol–water partition coefficient (Wildman–Crippen LogP) is 2.89. The summed E-state index contributed by atoms with van der Waals surface area (Å²) in [5, 5.41) is 10.2. The SMILES string of the molecule is Cl.[2H]C([2H])([2H])Oc1cc(O)c(C(=O)CCCN2CCCC2)c(OC([2H])([2H])[2H])c1. The number of nitrogens with zero attached hydrogens (tertiary/aromatic N) is 1. The molecule has 0 atom stereocenters. The fourth-order valence-corrected chi connectivity index (χ4v) is 2.59. The number of methoxy groups -OCH3 is 2. The third-order valence-electron chi connectivity index (χ3n) is 3.64. The van der Waals surface area contributed by atoms with Gasteiger partial charge in [-0.3, -0.25) is 4.79 Å². The van der Waals surface area contributed by atoms with Gasteiger partial charge in [0.2, 0.25) is 0 Å². The van der Waals surface area contributed by atoms with Gasteiger partial charge < -0.3 is 19.5 Å². The van der Waals surface area contributed by atoms with Gasteiger partial charge in [0.05, 0.1) is 22.3 Å². The molecule has 1 aromatic rings. The number of halogens is 1. The lowest BCUT2D eigenvalue weighted by Crippen LogP contribution is -2.21. The number of benzene rings is 1. The van der Waals surface area contributed by atoms with Crippen LogP contribution in [0.1, 0.15) is 44.3 Å². The summed E-state index contributed by atoms with van der Waals surface area (Å²) in [4.78, 5) is 14.8. The van der Waals surface area contributed by atoms with Crippen LogP contribution < -0.4 is 9.47 Å². The molecule has 0 aromatic heterocycles. The summed E-state index contributed by atoms with van der Waals surface area (Å²) >= 11 is 0. The zero-order valence-electron chi connectivity index (χ0n) is 18.1. The minimum Gasteiger partial charge on any atom is -0.507 e. The second kappa shape index (κ2) is 8.86. The van der Waals surface area contributed by atoms with Crippen molar-refractivity contribution in [3.05, 3.63) is 17.7 Å². The van der Waals surface area contributed by atoms with Crippen LogP contribution in [0, 0.1) is 0 Å². The quantitative estimate of drug-likeness (QED) is 0.776. The Labute approximate surface area is 146 Å². The maximum atomic E-state index is 12.5. The second-order valence-electron chi connectivity index (χ2n) is 5.10. The maximum absolute atomic E-state index is 12.5. The van der Waals surface area contributed by atoms with Crippen molar-refractivity contribution in [1.82, 2.24) is 4.90 Å². The largest absolute Gasteiger partial charge is 0.507 e. The van der Waals surface area contributed by atoms with E-state index in [2.05, 4.69) is 9.64 Å². The molecule has 0 aliphatic carbocycles. The first kappa shape index (κ1) is 11.1. The fourth-order valence-electron chi connectivity index (χ4n) is 2.59. The van der Waals surface area contributed by atoms with Gasteiger partial charge in [-0.1, -0.05) is 0 Å². The molecule has 1 aromatic carbocycles. The van der Waals surface area contributed by atoms with Crippen molar-refractivity contribution in [2.24, 2.45) is 0 Å². The Morgan fingerprint density at radius 1 is 1.32 bits per heavy atom. The van der Waals surface area contributed by atoms with Gasteiger partial charge in [-0.2, -0.15) is 0 Å². The van der Waals surface area contributed by atoms with Crippen LogP contribution in [0.4, 0.5) is 0 Å². The van der Waals surface area contributed by atoms with E-state index < -0.39 is 31.4 Å². The van der Waals surface area contributed by atoms with Gasteiger partial charge in [-0.25, -0.2) is 0 Å². The third kappa shape index (κ3) is 4.52. The average molecular weight is 336 g/mol. The molecule has 0 radical (unpaired) electrons. The molecule has 1 N–H and O–H groups in total. The number of carbonyl (C=O) groups is 1. The van der Waals surface area contributed by atoms with Crippen molar-refractivity contribution < 1.29 is 27.6 Å². The molecule has 2 rings (SSSR count). The maximum Gasteiger partial charge on any atom is 0.170 e. The van der Waals surface area contributed by atoms with E-state index in [-0.39, 0.29) is 30.1 Å². The summed E-state index contributed by atoms with van der Waals surface area (Å²) in [6.07, 6.45) is 2.92. The van der Waals surface area contributed by atoms with E-state index in [1.165, 1.54) is 0 Å². The molecule has 0 unspecified atom stereocenters. The average Bonchev–Trinajstić information content (AvgIpc) is 2.96. The van der Waals surface area contributed by atoms with Crippen molar-refractivity contribution in [1.29, 1.82) is 0 Å². The number of phenolic OH excluding ortho intramolecular Hbond substituents is 1. The first-order valence-corrected chi connectivity index (χ1v) is 6.95. The van der Waals surface area contributed by atoms with Crippen molar-refractivity contribution >= 4 is 18.2 Å². The van der Waals surface area contributed by atoms with Gasteiger partial charge in [0, 0.05) is 18.6 Å². The summed E-state index contributed by atoms with van der Waals surface area (Å²) in [7, 11) is -5.68. The number of phenols is 1. The van der Waals surface area contributed by atoms with E-state index in [4.69, 9.17) is 13.0 Å². The Morgan fingerprint density at radius 3 is 2.73 bits per heavy atom. The van der Waals surface area contributed by atoms with Gasteiger partial charge in [-0.15, -0.1) is 12.4 Å². The van der Waals surface area contributed by atoms with Crippen LogP contribution in [0.25, 0.3) is 0 Å². The van der Waals surface area contributed by atoms with Crippen LogP contribution in [0.2, 0.25) is 0 Å². The monoisotopic (exact) mass is 335 g/mol. The number of aromatic hydroxyl groups is 1. The first-order chi connectivity index (χ1) is 12.4. The molecule has 0 bridgehead atoms. The molecular weight excluding hydrogens is 306 g/mol. The summed E-state index contributed by atoms with van der Waals surface area (Å²) in [5.74, 6) is -1.81. The van der Waals surface area contributed by atoms with Crippen molar-refractivity contribution in [2.75, 3.05) is 33.7 Å². The Bertz CT molecular complexity index is 674. The standard InChI is InChI=1S/C16H23NO4.ClH/c1-20-12-10-14(19)16(15(11-12)21-2)13(18)6-5-9-17-7-3-4-8-17;/h10-11,19H,3-9H2,1-2H3;1H/i1D3,2D3;. The topological polar surface area (TPSA) is 59.0 Å². The smallest absolute Gasteiger partial charge is 0.170 e. The number of carbonyl (C=O) groups excluding carboxylic acids is 1. The van der Waals surface area contributed by atoms with Gasteiger partial charge in [0.15, 0.2) is 5.78 Å². The summed E-state index contributed by atoms with van der Waals surface area (Å²) in [5.41, 5.74) is -0.287. The van der Waals surface area contributed by atoms with Gasteiger partial charge in [0.25, 0.3) is 0 Å². The lowest BCUT2D eigenvalue weighted by atomic mass is 10.0. The highest BCUT2D eigenvalue weighted by Crippen LogP contribution is 2.34. The number of rotatable bonds is 7. The first-order valence-electron chi connectivity index (χ1n) is 9.95. The Hall–Kier alpha value is -1.46. The minimum absolute atomic E-state index is 0. The number of ether oxygens (including phenoxy) is 2. The van der Waals surface area contributed by atoms with Crippen LogP contribution in [-0.2, 0) is 0 Å². The van der Waals surface area contributed by atoms with Gasteiger partial charge in [-0.05, 0) is 38.9 Å². The molecule has 0 spiro atoms. The van der Waals surface area contributed by atoms with E-state index in [1.807, 2.05) is 0 Å². The summed E-state index contributed by atoms with van der Waals surface area (Å²) in [6, 6.07) is 1.96. The van der Waals surface area contributed by atoms with Gasteiger partial charge >= 0.3 is 0 Å². The van der Waals surface area contributed by atoms with Crippen LogP contribution in [-0.4, -0.2) is 49.5 Å². The Kier molecular flexibility index (Phi) is 4.48. The highest BCUT2D eigenvalue weighted by atomic mass is 35.5. The second-order valence-corrected chi connectivity index (χ2v) is 5.10. The van der Waals surface area contributed by atoms with E-state index in [1.54, 1.807) is 0 Å². The van der Waals surface area contributed by atoms with Crippen LogP contribution >= 0.6 is 12.4 Å². The molecule has 0 amide bonds. The summed E-state index contributed by atoms with van der Waals surface area (Å²) in [6.45, 7) is 2.73. The van der Waals surface area contributed by atoms with Crippen LogP contribution in [0.3, 0.4) is 0 Å². The van der Waals surface area contributed by atoms with E-state index >= 15 is 0 Å². The van der Waals surface area contributed by atoms with Crippen LogP contribution in [0.15, 0.2) is 12.1 Å². The number of Topliss-reactive ketones (excluding diaryl/α,β-unsaturated/α-hetero) is 1. The molecule has 124 valence electrons.